The van der Waals surface area contributed by atoms with Gasteiger partial charge in [-0.25, -0.2) is 0 Å². The zero-order chi connectivity index (χ0) is 24.8. The van der Waals surface area contributed by atoms with Gasteiger partial charge in [0.1, 0.15) is 34.4 Å². The van der Waals surface area contributed by atoms with Crippen molar-refractivity contribution in [3.8, 4) is 28.5 Å². The van der Waals surface area contributed by atoms with Gasteiger partial charge in [-0.3, -0.25) is 0 Å². The lowest BCUT2D eigenvalue weighted by Gasteiger charge is -2.15. The molecule has 9 heteroatoms. The summed E-state index contributed by atoms with van der Waals surface area (Å²) in [6.07, 6.45) is 0. The highest BCUT2D eigenvalue weighted by Gasteiger charge is 2.31. The number of ether oxygens (including phenoxy) is 3. The average Bonchev–Trinajstić information content (AvgIpc) is 3.33. The molecule has 3 aromatic carbocycles. The maximum atomic E-state index is 5.94. The maximum absolute atomic E-state index is 5.94. The minimum Gasteiger partial charge on any atom is -0.496 e. The predicted octanol–water partition coefficient (Wildman–Crippen LogP) is 3.79. The second-order valence-corrected chi connectivity index (χ2v) is 7.33. The van der Waals surface area contributed by atoms with E-state index in [0.29, 0.717) is 51.3 Å². The van der Waals surface area contributed by atoms with Crippen LogP contribution in [0.3, 0.4) is 0 Å². The summed E-state index contributed by atoms with van der Waals surface area (Å²) in [5.41, 5.74) is 3.68. The first-order valence-corrected chi connectivity index (χ1v) is 10.6. The number of methoxy groups -OCH3 is 3. The summed E-state index contributed by atoms with van der Waals surface area (Å²) in [6, 6.07) is 22.3. The molecule has 9 nitrogen and oxygen atoms in total. The molecule has 0 amide bonds. The molecular formula is C26H25N5O4. The maximum Gasteiger partial charge on any atom is 0.197 e. The monoisotopic (exact) mass is 471 g/mol. The first kappa shape index (κ1) is 23.4. The van der Waals surface area contributed by atoms with E-state index in [2.05, 4.69) is 15.4 Å². The van der Waals surface area contributed by atoms with E-state index in [9.17, 15) is 0 Å². The standard InChI is InChI=1S/C26H25N5O4/c1-32-18-14-19(33-2)21(20(15-18)34-3)25-22(23(29-27)16-10-6-4-7-11-16)26(35-31-25)24(30-28)17-12-8-5-9-13-17/h4-15H,27-28H2,1-3H3/b29-23+,30-24+. The van der Waals surface area contributed by atoms with Crippen LogP contribution >= 0.6 is 0 Å². The Morgan fingerprint density at radius 2 is 1.26 bits per heavy atom. The zero-order valence-corrected chi connectivity index (χ0v) is 19.6. The van der Waals surface area contributed by atoms with Crippen LogP contribution < -0.4 is 25.9 Å². The topological polar surface area (TPSA) is 130 Å². The Morgan fingerprint density at radius 3 is 1.71 bits per heavy atom. The summed E-state index contributed by atoms with van der Waals surface area (Å²) in [4.78, 5) is 0. The molecule has 0 radical (unpaired) electrons. The molecule has 0 bridgehead atoms. The lowest BCUT2D eigenvalue weighted by Crippen LogP contribution is -2.14. The average molecular weight is 472 g/mol. The van der Waals surface area contributed by atoms with E-state index in [4.69, 9.17) is 30.4 Å². The van der Waals surface area contributed by atoms with Crippen LogP contribution in [0.25, 0.3) is 11.3 Å². The quantitative estimate of drug-likeness (QED) is 0.227. The Kier molecular flexibility index (Phi) is 6.96. The minimum atomic E-state index is 0.293. The zero-order valence-electron chi connectivity index (χ0n) is 19.6. The Balaban J connectivity index is 2.06. The molecule has 0 saturated heterocycles. The van der Waals surface area contributed by atoms with E-state index in [1.54, 1.807) is 33.5 Å². The molecule has 178 valence electrons. The molecule has 1 aromatic heterocycles. The van der Waals surface area contributed by atoms with Crippen molar-refractivity contribution in [2.45, 2.75) is 0 Å². The second-order valence-electron chi connectivity index (χ2n) is 7.33. The Morgan fingerprint density at radius 1 is 0.743 bits per heavy atom. The van der Waals surface area contributed by atoms with Gasteiger partial charge in [0, 0.05) is 23.3 Å². The van der Waals surface area contributed by atoms with Gasteiger partial charge in [0.15, 0.2) is 5.76 Å². The molecule has 0 aliphatic heterocycles. The third-order valence-corrected chi connectivity index (χ3v) is 5.45. The molecule has 0 aliphatic carbocycles. The van der Waals surface area contributed by atoms with Crippen molar-refractivity contribution in [1.29, 1.82) is 0 Å². The van der Waals surface area contributed by atoms with Gasteiger partial charge in [-0.15, -0.1) is 0 Å². The number of aromatic nitrogens is 1. The number of nitrogens with two attached hydrogens (primary N) is 2. The van der Waals surface area contributed by atoms with E-state index in [-0.39, 0.29) is 0 Å². The van der Waals surface area contributed by atoms with Gasteiger partial charge in [0.25, 0.3) is 0 Å². The van der Waals surface area contributed by atoms with E-state index in [0.717, 1.165) is 11.1 Å². The molecule has 4 rings (SSSR count). The number of benzene rings is 3. The Bertz CT molecular complexity index is 1340. The molecule has 4 N–H and O–H groups in total. The number of rotatable bonds is 8. The number of hydrogen-bond acceptors (Lipinski definition) is 9. The first-order chi connectivity index (χ1) is 17.2. The van der Waals surface area contributed by atoms with Gasteiger partial charge in [0.05, 0.1) is 32.5 Å². The third kappa shape index (κ3) is 4.39. The Labute approximate surface area is 202 Å². The molecular weight excluding hydrogens is 446 g/mol. The fourth-order valence-electron chi connectivity index (χ4n) is 3.82. The van der Waals surface area contributed by atoms with Crippen LogP contribution in [0, 0.1) is 0 Å². The second kappa shape index (κ2) is 10.4. The molecule has 35 heavy (non-hydrogen) atoms. The highest BCUT2D eigenvalue weighted by atomic mass is 16.5. The predicted molar refractivity (Wildman–Crippen MR) is 134 cm³/mol. The molecule has 0 fully saturated rings. The minimum absolute atomic E-state index is 0.293. The summed E-state index contributed by atoms with van der Waals surface area (Å²) >= 11 is 0. The van der Waals surface area contributed by atoms with Crippen molar-refractivity contribution in [2.75, 3.05) is 21.3 Å². The fourth-order valence-corrected chi connectivity index (χ4v) is 3.82. The summed E-state index contributed by atoms with van der Waals surface area (Å²) in [6.45, 7) is 0. The van der Waals surface area contributed by atoms with Crippen molar-refractivity contribution in [1.82, 2.24) is 5.16 Å². The summed E-state index contributed by atoms with van der Waals surface area (Å²) in [7, 11) is 4.65. The third-order valence-electron chi connectivity index (χ3n) is 5.45. The molecule has 1 heterocycles. The Hall–Kier alpha value is -4.79. The van der Waals surface area contributed by atoms with E-state index < -0.39 is 0 Å². The SMILES string of the molecule is COc1cc(OC)c(-c2noc(/C(=N/N)c3ccccc3)c2/C(=N/N)c2ccccc2)c(OC)c1. The van der Waals surface area contributed by atoms with E-state index in [1.165, 1.54) is 0 Å². The van der Waals surface area contributed by atoms with Crippen LogP contribution in [0.5, 0.6) is 17.2 Å². The largest absolute Gasteiger partial charge is 0.496 e. The molecule has 0 atom stereocenters. The lowest BCUT2D eigenvalue weighted by atomic mass is 9.93. The summed E-state index contributed by atoms with van der Waals surface area (Å²) in [5, 5.41) is 12.5. The van der Waals surface area contributed by atoms with E-state index in [1.807, 2.05) is 60.7 Å². The molecule has 4 aromatic rings. The highest BCUT2D eigenvalue weighted by Crippen LogP contribution is 2.44. The fraction of sp³-hybridized carbons (Fsp3) is 0.115. The number of hydrazone groups is 2. The summed E-state index contributed by atoms with van der Waals surface area (Å²) < 4.78 is 22.6. The van der Waals surface area contributed by atoms with Crippen molar-refractivity contribution in [3.05, 3.63) is 95.2 Å². The van der Waals surface area contributed by atoms with Crippen molar-refractivity contribution in [3.63, 3.8) is 0 Å². The van der Waals surface area contributed by atoms with Gasteiger partial charge in [-0.1, -0.05) is 65.8 Å². The van der Waals surface area contributed by atoms with Crippen LogP contribution in [0.1, 0.15) is 22.5 Å². The smallest absolute Gasteiger partial charge is 0.197 e. The molecule has 0 spiro atoms. The summed E-state index contributed by atoms with van der Waals surface area (Å²) in [5.74, 6) is 13.5. The highest BCUT2D eigenvalue weighted by molar-refractivity contribution is 6.24. The van der Waals surface area contributed by atoms with Crippen molar-refractivity contribution < 1.29 is 18.7 Å². The molecule has 0 aliphatic rings. The lowest BCUT2D eigenvalue weighted by molar-refractivity contribution is 0.375. The van der Waals surface area contributed by atoms with Crippen LogP contribution in [-0.4, -0.2) is 37.9 Å². The van der Waals surface area contributed by atoms with Crippen LogP contribution in [-0.2, 0) is 0 Å². The van der Waals surface area contributed by atoms with Crippen LogP contribution in [0.2, 0.25) is 0 Å². The number of hydrogen-bond donors (Lipinski definition) is 2. The van der Waals surface area contributed by atoms with Crippen LogP contribution in [0.4, 0.5) is 0 Å². The van der Waals surface area contributed by atoms with Gasteiger partial charge < -0.3 is 30.4 Å². The van der Waals surface area contributed by atoms with E-state index >= 15 is 0 Å². The normalized spacial score (nSPS) is 11.9. The van der Waals surface area contributed by atoms with Crippen molar-refractivity contribution in [2.24, 2.45) is 21.9 Å². The van der Waals surface area contributed by atoms with Gasteiger partial charge in [0.2, 0.25) is 0 Å². The first-order valence-electron chi connectivity index (χ1n) is 10.6. The number of nitrogens with zero attached hydrogens (tertiary/aromatic N) is 3. The van der Waals surface area contributed by atoms with Crippen LogP contribution in [0.15, 0.2) is 87.5 Å². The molecule has 0 saturated carbocycles. The van der Waals surface area contributed by atoms with Crippen molar-refractivity contribution >= 4 is 11.4 Å². The van der Waals surface area contributed by atoms with Gasteiger partial charge in [-0.2, -0.15) is 10.2 Å². The molecule has 0 unspecified atom stereocenters. The van der Waals surface area contributed by atoms with Gasteiger partial charge >= 0.3 is 0 Å². The van der Waals surface area contributed by atoms with Gasteiger partial charge in [-0.05, 0) is 0 Å².